The third kappa shape index (κ3) is 10.1. The van der Waals surface area contributed by atoms with Gasteiger partial charge in [-0.1, -0.05) is 32.6 Å². The minimum Gasteiger partial charge on any atom is -0.558 e. The van der Waals surface area contributed by atoms with Crippen LogP contribution in [0.25, 0.3) is 0 Å². The first-order valence-corrected chi connectivity index (χ1v) is 3.77. The van der Waals surface area contributed by atoms with Crippen LogP contribution in [-0.2, 0) is 0 Å². The van der Waals surface area contributed by atoms with Gasteiger partial charge in [0.05, 0.1) is 0 Å². The van der Waals surface area contributed by atoms with Crippen molar-refractivity contribution in [3.8, 4) is 0 Å². The quantitative estimate of drug-likeness (QED) is 0.274. The zero-order valence-electron chi connectivity index (χ0n) is 6.04. The monoisotopic (exact) mass is 124 g/mol. The van der Waals surface area contributed by atoms with Gasteiger partial charge in [-0.25, -0.2) is 0 Å². The molecule has 0 aliphatic rings. The summed E-state index contributed by atoms with van der Waals surface area (Å²) in [5.74, 6) is 0. The van der Waals surface area contributed by atoms with Gasteiger partial charge in [-0.3, -0.25) is 0 Å². The molecular weight excluding hydrogens is 110 g/mol. The summed E-state index contributed by atoms with van der Waals surface area (Å²) in [7, 11) is 3.42. The molecule has 0 aromatic carbocycles. The molecule has 0 bridgehead atoms. The summed E-state index contributed by atoms with van der Waals surface area (Å²) < 4.78 is 0. The summed E-state index contributed by atoms with van der Waals surface area (Å²) >= 11 is 0. The Morgan fingerprint density at radius 2 is 1.75 bits per heavy atom. The van der Waals surface area contributed by atoms with Gasteiger partial charge in [0.2, 0.25) is 0 Å². The van der Waals surface area contributed by atoms with E-state index in [1.807, 2.05) is 0 Å². The second-order valence-corrected chi connectivity index (χ2v) is 2.31. The van der Waals surface area contributed by atoms with E-state index >= 15 is 0 Å². The van der Waals surface area contributed by atoms with Crippen molar-refractivity contribution in [1.29, 1.82) is 0 Å². The Bertz CT molecular complexity index is 27.7. The Kier molecular flexibility index (Phi) is 16.1. The molecule has 0 rings (SSSR count). The molecule has 0 amide bonds. The third-order valence-electron chi connectivity index (χ3n) is 1.03. The molecule has 8 heavy (non-hydrogen) atoms. The van der Waals surface area contributed by atoms with E-state index in [4.69, 9.17) is 0 Å². The molecule has 0 aliphatic heterocycles. The van der Waals surface area contributed by atoms with E-state index in [1.54, 1.807) is 0 Å². The number of hydrogen-bond acceptors (Lipinski definition) is 0. The van der Waals surface area contributed by atoms with Gasteiger partial charge >= 0.3 is 18.9 Å². The Hall–Kier alpha value is 1.03. The van der Waals surface area contributed by atoms with Gasteiger partial charge in [0, 0.05) is 0 Å². The molecule has 0 N–H and O–H groups in total. The zero-order chi connectivity index (χ0) is 5.54. The van der Waals surface area contributed by atoms with Crippen LogP contribution in [0.1, 0.15) is 32.6 Å². The first kappa shape index (κ1) is 11.8. The minimum absolute atomic E-state index is 0. The van der Waals surface area contributed by atoms with Crippen molar-refractivity contribution in [2.45, 2.75) is 32.6 Å². The fourth-order valence-corrected chi connectivity index (χ4v) is 0.802. The summed E-state index contributed by atoms with van der Waals surface area (Å²) in [6.07, 6.45) is 6.63. The van der Waals surface area contributed by atoms with E-state index in [1.165, 1.54) is 31.8 Å². The maximum atomic E-state index is 3.42. The number of rotatable bonds is 4. The van der Waals surface area contributed by atoms with Gasteiger partial charge in [-0.05, 0) is 0 Å². The number of hydrogen-bond donors (Lipinski definition) is 0. The molecule has 0 saturated heterocycles. The summed E-state index contributed by atoms with van der Waals surface area (Å²) in [5, 5.41) is 0. The maximum Gasteiger partial charge on any atom is 1.00 e. The molecule has 0 aromatic rings. The van der Waals surface area contributed by atoms with Crippen molar-refractivity contribution in [2.24, 2.45) is 0 Å². The number of unbranched alkanes of at least 4 members (excludes halogenated alkanes) is 3. The first-order chi connectivity index (χ1) is 3.41. The van der Waals surface area contributed by atoms with Crippen molar-refractivity contribution in [2.75, 3.05) is 6.16 Å². The van der Waals surface area contributed by atoms with Crippen LogP contribution >= 0.6 is 9.24 Å². The molecule has 0 heterocycles. The molecule has 2 heteroatoms. The van der Waals surface area contributed by atoms with Gasteiger partial charge < -0.3 is 9.24 Å². The van der Waals surface area contributed by atoms with Crippen LogP contribution in [0.4, 0.5) is 0 Å². The fraction of sp³-hybridized carbons (Fsp3) is 1.00. The van der Waals surface area contributed by atoms with Crippen LogP contribution in [0.3, 0.4) is 0 Å². The van der Waals surface area contributed by atoms with Gasteiger partial charge in [-0.2, -0.15) is 6.16 Å². The minimum atomic E-state index is 0. The van der Waals surface area contributed by atoms with Crippen molar-refractivity contribution in [1.82, 2.24) is 0 Å². The van der Waals surface area contributed by atoms with Crippen molar-refractivity contribution in [3.63, 3.8) is 0 Å². The summed E-state index contributed by atoms with van der Waals surface area (Å²) in [4.78, 5) is 0. The maximum absolute atomic E-state index is 3.42. The van der Waals surface area contributed by atoms with Gasteiger partial charge in [0.25, 0.3) is 0 Å². The smallest absolute Gasteiger partial charge is 0.558 e. The fourth-order valence-electron chi connectivity index (χ4n) is 0.552. The average molecular weight is 124 g/mol. The summed E-state index contributed by atoms with van der Waals surface area (Å²) in [6.45, 7) is 2.23. The molecule has 0 nitrogen and oxygen atoms in total. The molecule has 0 fully saturated rings. The third-order valence-corrected chi connectivity index (χ3v) is 1.38. The van der Waals surface area contributed by atoms with E-state index in [2.05, 4.69) is 16.2 Å². The molecule has 0 spiro atoms. The second kappa shape index (κ2) is 10.9. The Morgan fingerprint density at radius 3 is 2.12 bits per heavy atom. The van der Waals surface area contributed by atoms with E-state index < -0.39 is 0 Å². The standard InChI is InChI=1S/C6H14P.Li/c1-2-3-4-5-6-7;/h7H,2-6H2,1H3;/q-1;+1. The second-order valence-electron chi connectivity index (χ2n) is 1.81. The molecule has 0 aliphatic carbocycles. The van der Waals surface area contributed by atoms with Crippen LogP contribution in [0.2, 0.25) is 0 Å². The molecule has 0 saturated carbocycles. The Balaban J connectivity index is 0. The largest absolute Gasteiger partial charge is 1.00 e. The molecule has 44 valence electrons. The van der Waals surface area contributed by atoms with E-state index in [0.29, 0.717) is 0 Å². The average Bonchev–Trinajstić information content (AvgIpc) is 1.69. The molecule has 0 unspecified atom stereocenters. The van der Waals surface area contributed by atoms with Gasteiger partial charge in [-0.15, -0.1) is 0 Å². The molecule has 0 atom stereocenters. The van der Waals surface area contributed by atoms with E-state index in [0.717, 1.165) is 0 Å². The molecular formula is C6H14LiP. The van der Waals surface area contributed by atoms with Crippen molar-refractivity contribution < 1.29 is 18.9 Å². The van der Waals surface area contributed by atoms with Crippen LogP contribution in [0, 0.1) is 0 Å². The predicted octanol–water partition coefficient (Wildman–Crippen LogP) is -0.286. The van der Waals surface area contributed by atoms with Crippen molar-refractivity contribution >= 4 is 9.24 Å². The van der Waals surface area contributed by atoms with Crippen LogP contribution < -0.4 is 18.9 Å². The summed E-state index contributed by atoms with van der Waals surface area (Å²) in [5.41, 5.74) is 0. The zero-order valence-corrected chi connectivity index (χ0v) is 7.04. The van der Waals surface area contributed by atoms with E-state index in [9.17, 15) is 0 Å². The van der Waals surface area contributed by atoms with E-state index in [-0.39, 0.29) is 18.9 Å². The van der Waals surface area contributed by atoms with Crippen LogP contribution in [-0.4, -0.2) is 6.16 Å². The van der Waals surface area contributed by atoms with Crippen LogP contribution in [0.15, 0.2) is 0 Å². The van der Waals surface area contributed by atoms with Crippen molar-refractivity contribution in [3.05, 3.63) is 0 Å². The normalized spacial score (nSPS) is 8.25. The Labute approximate surface area is 67.2 Å². The van der Waals surface area contributed by atoms with Crippen LogP contribution in [0.5, 0.6) is 0 Å². The van der Waals surface area contributed by atoms with Gasteiger partial charge in [0.15, 0.2) is 0 Å². The molecule has 0 aromatic heterocycles. The van der Waals surface area contributed by atoms with Gasteiger partial charge in [0.1, 0.15) is 0 Å². The first-order valence-electron chi connectivity index (χ1n) is 3.06. The predicted molar refractivity (Wildman–Crippen MR) is 37.3 cm³/mol. The SMILES string of the molecule is CCCCCC[PH-].[Li+]. The topological polar surface area (TPSA) is 0 Å². The summed E-state index contributed by atoms with van der Waals surface area (Å²) in [6, 6.07) is 0. The Morgan fingerprint density at radius 1 is 1.12 bits per heavy atom. The molecule has 0 radical (unpaired) electrons.